The minimum atomic E-state index is -0.202. The van der Waals surface area contributed by atoms with Gasteiger partial charge in [0.2, 0.25) is 0 Å². The van der Waals surface area contributed by atoms with Crippen molar-refractivity contribution >= 4 is 56.7 Å². The number of benzene rings is 1. The molecule has 0 fully saturated rings. The molecule has 0 unspecified atom stereocenters. The summed E-state index contributed by atoms with van der Waals surface area (Å²) in [5, 5.41) is 5.41. The number of thiophene rings is 1. The quantitative estimate of drug-likeness (QED) is 0.438. The lowest BCUT2D eigenvalue weighted by Crippen LogP contribution is -2.08. The van der Waals surface area contributed by atoms with Crippen LogP contribution < -0.4 is 5.32 Å². The first-order chi connectivity index (χ1) is 14.7. The molecule has 8 heteroatoms. The minimum absolute atomic E-state index is 0.202. The number of rotatable bonds is 8. The van der Waals surface area contributed by atoms with E-state index in [0.29, 0.717) is 24.7 Å². The number of ether oxygens (including phenoxy) is 1. The Labute approximate surface area is 189 Å². The first-order valence-corrected chi connectivity index (χ1v) is 12.5. The van der Waals surface area contributed by atoms with Crippen LogP contribution in [0.25, 0.3) is 10.2 Å². The molecule has 2 heterocycles. The lowest BCUT2D eigenvalue weighted by molar-refractivity contribution is -0.139. The van der Waals surface area contributed by atoms with Crippen LogP contribution in [0.4, 0.5) is 5.82 Å². The maximum absolute atomic E-state index is 11.6. The number of hydrogen-bond acceptors (Lipinski definition) is 7. The fourth-order valence-corrected chi connectivity index (χ4v) is 5.79. The summed E-state index contributed by atoms with van der Waals surface area (Å²) in [4.78, 5) is 23.8. The summed E-state index contributed by atoms with van der Waals surface area (Å²) in [5.74, 6) is 2.27. The Balaban J connectivity index is 1.60. The molecule has 0 saturated heterocycles. The second kappa shape index (κ2) is 9.98. The van der Waals surface area contributed by atoms with E-state index in [1.807, 2.05) is 31.2 Å². The van der Waals surface area contributed by atoms with Gasteiger partial charge in [0, 0.05) is 16.4 Å². The number of aryl methyl sites for hydroxylation is 2. The molecule has 4 rings (SSSR count). The molecule has 1 aliphatic rings. The number of hydrogen-bond donors (Lipinski definition) is 1. The summed E-state index contributed by atoms with van der Waals surface area (Å²) in [7, 11) is 0. The van der Waals surface area contributed by atoms with Crippen LogP contribution in [0.5, 0.6) is 0 Å². The van der Waals surface area contributed by atoms with Gasteiger partial charge in [0.05, 0.1) is 23.5 Å². The number of esters is 1. The Morgan fingerprint density at radius 1 is 1.27 bits per heavy atom. The standard InChI is InChI=1S/C22H24ClN3O2S2/c1-2-28-19(27)13-29-12-18-25-21(24-11-14-7-3-5-9-16(14)23)20-15-8-4-6-10-17(15)30-22(20)26-18/h3,5,7,9H,2,4,6,8,10-13H2,1H3,(H,24,25,26). The normalized spacial score (nSPS) is 13.3. The van der Waals surface area contributed by atoms with E-state index in [1.54, 1.807) is 11.3 Å². The van der Waals surface area contributed by atoms with Crippen LogP contribution in [0.1, 0.15) is 41.6 Å². The molecule has 3 aromatic rings. The summed E-state index contributed by atoms with van der Waals surface area (Å²) in [5.41, 5.74) is 2.43. The highest BCUT2D eigenvalue weighted by Crippen LogP contribution is 2.39. The summed E-state index contributed by atoms with van der Waals surface area (Å²) in [6.45, 7) is 2.82. The van der Waals surface area contributed by atoms with Gasteiger partial charge in [0.25, 0.3) is 0 Å². The van der Waals surface area contributed by atoms with Crippen molar-refractivity contribution < 1.29 is 9.53 Å². The van der Waals surface area contributed by atoms with Crippen LogP contribution in [0.15, 0.2) is 24.3 Å². The van der Waals surface area contributed by atoms with E-state index in [0.717, 1.165) is 45.3 Å². The largest absolute Gasteiger partial charge is 0.465 e. The number of fused-ring (bicyclic) bond motifs is 3. The van der Waals surface area contributed by atoms with Crippen LogP contribution in [0, 0.1) is 0 Å². The van der Waals surface area contributed by atoms with Gasteiger partial charge < -0.3 is 10.1 Å². The fraction of sp³-hybridized carbons (Fsp3) is 0.409. The van der Waals surface area contributed by atoms with E-state index in [-0.39, 0.29) is 5.97 Å². The SMILES string of the molecule is CCOC(=O)CSCc1nc(NCc2ccccc2Cl)c2c3c(sc2n1)CCCC3. The average molecular weight is 462 g/mol. The molecule has 0 atom stereocenters. The van der Waals surface area contributed by atoms with E-state index in [2.05, 4.69) is 5.32 Å². The van der Waals surface area contributed by atoms with Crippen molar-refractivity contribution in [2.24, 2.45) is 0 Å². The second-order valence-electron chi connectivity index (χ2n) is 7.12. The lowest BCUT2D eigenvalue weighted by atomic mass is 9.97. The van der Waals surface area contributed by atoms with Gasteiger partial charge >= 0.3 is 5.97 Å². The third-order valence-corrected chi connectivity index (χ3v) is 7.48. The predicted octanol–water partition coefficient (Wildman–Crippen LogP) is 5.63. The molecule has 158 valence electrons. The first kappa shape index (κ1) is 21.4. The summed E-state index contributed by atoms with van der Waals surface area (Å²) in [6.07, 6.45) is 4.64. The molecule has 0 spiro atoms. The van der Waals surface area contributed by atoms with Crippen molar-refractivity contribution in [1.29, 1.82) is 0 Å². The maximum atomic E-state index is 11.6. The Kier molecular flexibility index (Phi) is 7.12. The minimum Gasteiger partial charge on any atom is -0.465 e. The Morgan fingerprint density at radius 2 is 2.10 bits per heavy atom. The van der Waals surface area contributed by atoms with Gasteiger partial charge in [-0.1, -0.05) is 29.8 Å². The van der Waals surface area contributed by atoms with Crippen molar-refractivity contribution in [3.63, 3.8) is 0 Å². The fourth-order valence-electron chi connectivity index (χ4n) is 3.64. The maximum Gasteiger partial charge on any atom is 0.315 e. The average Bonchev–Trinajstić information content (AvgIpc) is 3.12. The molecule has 30 heavy (non-hydrogen) atoms. The van der Waals surface area contributed by atoms with Crippen LogP contribution >= 0.6 is 34.7 Å². The molecule has 0 aliphatic heterocycles. The number of carbonyl (C=O) groups excluding carboxylic acids is 1. The summed E-state index contributed by atoms with van der Waals surface area (Å²) >= 11 is 9.60. The highest BCUT2D eigenvalue weighted by molar-refractivity contribution is 7.99. The van der Waals surface area contributed by atoms with E-state index >= 15 is 0 Å². The molecule has 1 aromatic carbocycles. The molecule has 0 bridgehead atoms. The van der Waals surface area contributed by atoms with Crippen LogP contribution in [0.2, 0.25) is 5.02 Å². The molecule has 1 aliphatic carbocycles. The molecule has 2 aromatic heterocycles. The predicted molar refractivity (Wildman–Crippen MR) is 126 cm³/mol. The number of thioether (sulfide) groups is 1. The smallest absolute Gasteiger partial charge is 0.315 e. The second-order valence-corrected chi connectivity index (χ2v) is 9.60. The summed E-state index contributed by atoms with van der Waals surface area (Å²) in [6, 6.07) is 7.84. The lowest BCUT2D eigenvalue weighted by Gasteiger charge is -2.14. The number of nitrogens with zero attached hydrogens (tertiary/aromatic N) is 2. The van der Waals surface area contributed by atoms with Crippen molar-refractivity contribution in [1.82, 2.24) is 9.97 Å². The van der Waals surface area contributed by atoms with E-state index in [4.69, 9.17) is 26.3 Å². The van der Waals surface area contributed by atoms with Crippen molar-refractivity contribution in [2.45, 2.75) is 44.9 Å². The number of aromatic nitrogens is 2. The van der Waals surface area contributed by atoms with Gasteiger partial charge in [0.1, 0.15) is 16.5 Å². The number of nitrogens with one attached hydrogen (secondary N) is 1. The topological polar surface area (TPSA) is 64.1 Å². The zero-order valence-electron chi connectivity index (χ0n) is 16.9. The molecular weight excluding hydrogens is 438 g/mol. The van der Waals surface area contributed by atoms with E-state index in [1.165, 1.54) is 35.0 Å². The number of anilines is 1. The van der Waals surface area contributed by atoms with Crippen LogP contribution in [0.3, 0.4) is 0 Å². The van der Waals surface area contributed by atoms with Crippen molar-refractivity contribution in [3.05, 3.63) is 51.1 Å². The van der Waals surface area contributed by atoms with Gasteiger partial charge in [-0.2, -0.15) is 0 Å². The number of halogens is 1. The van der Waals surface area contributed by atoms with E-state index in [9.17, 15) is 4.79 Å². The molecular formula is C22H24ClN3O2S2. The zero-order chi connectivity index (χ0) is 20.9. The van der Waals surface area contributed by atoms with Crippen molar-refractivity contribution in [3.8, 4) is 0 Å². The highest BCUT2D eigenvalue weighted by Gasteiger charge is 2.21. The molecule has 0 amide bonds. The van der Waals surface area contributed by atoms with Gasteiger partial charge in [-0.05, 0) is 49.8 Å². The highest BCUT2D eigenvalue weighted by atomic mass is 35.5. The van der Waals surface area contributed by atoms with Gasteiger partial charge in [-0.15, -0.1) is 23.1 Å². The third kappa shape index (κ3) is 4.90. The van der Waals surface area contributed by atoms with Crippen LogP contribution in [-0.2, 0) is 34.7 Å². The number of carbonyl (C=O) groups is 1. The summed E-state index contributed by atoms with van der Waals surface area (Å²) < 4.78 is 5.00. The molecule has 0 radical (unpaired) electrons. The first-order valence-electron chi connectivity index (χ1n) is 10.2. The van der Waals surface area contributed by atoms with Crippen LogP contribution in [-0.4, -0.2) is 28.3 Å². The Morgan fingerprint density at radius 3 is 2.93 bits per heavy atom. The third-order valence-electron chi connectivity index (χ3n) is 5.02. The Hall–Kier alpha value is -1.83. The van der Waals surface area contributed by atoms with Gasteiger partial charge in [-0.25, -0.2) is 9.97 Å². The van der Waals surface area contributed by atoms with E-state index < -0.39 is 0 Å². The monoisotopic (exact) mass is 461 g/mol. The van der Waals surface area contributed by atoms with Crippen molar-refractivity contribution in [2.75, 3.05) is 17.7 Å². The molecule has 5 nitrogen and oxygen atoms in total. The Bertz CT molecular complexity index is 1050. The molecule has 1 N–H and O–H groups in total. The molecule has 0 saturated carbocycles. The van der Waals surface area contributed by atoms with Gasteiger partial charge in [0.15, 0.2) is 0 Å². The zero-order valence-corrected chi connectivity index (χ0v) is 19.3. The van der Waals surface area contributed by atoms with Gasteiger partial charge in [-0.3, -0.25) is 4.79 Å².